The third-order valence-corrected chi connectivity index (χ3v) is 9.20. The van der Waals surface area contributed by atoms with Crippen LogP contribution in [-0.2, 0) is 0 Å². The number of rotatable bonds is 3. The van der Waals surface area contributed by atoms with Crippen molar-refractivity contribution < 1.29 is 4.74 Å². The first-order valence-corrected chi connectivity index (χ1v) is 15.2. The van der Waals surface area contributed by atoms with E-state index in [1.165, 1.54) is 71.3 Å². The molecule has 0 saturated heterocycles. The molecule has 9 rings (SSSR count). The summed E-state index contributed by atoms with van der Waals surface area (Å²) >= 11 is 0. The Hall–Kier alpha value is -5.66. The summed E-state index contributed by atoms with van der Waals surface area (Å²) in [5.41, 5.74) is 8.68. The predicted octanol–water partition coefficient (Wildman–Crippen LogP) is 11.8. The summed E-state index contributed by atoms with van der Waals surface area (Å²) in [6.07, 6.45) is 0. The van der Waals surface area contributed by atoms with Gasteiger partial charge < -0.3 is 4.74 Å². The maximum absolute atomic E-state index is 6.64. The molecule has 0 saturated carbocycles. The molecule has 0 unspecified atom stereocenters. The fourth-order valence-corrected chi connectivity index (χ4v) is 7.22. The van der Waals surface area contributed by atoms with Gasteiger partial charge >= 0.3 is 0 Å². The van der Waals surface area contributed by atoms with E-state index in [1.54, 1.807) is 0 Å². The van der Waals surface area contributed by atoms with Gasteiger partial charge in [0.05, 0.1) is 0 Å². The number of hydrogen-bond acceptors (Lipinski definition) is 1. The average molecular weight is 561 g/mol. The highest BCUT2D eigenvalue weighted by atomic mass is 16.5. The lowest BCUT2D eigenvalue weighted by Gasteiger charge is -2.31. The Bertz CT molecular complexity index is 2260. The van der Waals surface area contributed by atoms with E-state index in [2.05, 4.69) is 164 Å². The van der Waals surface area contributed by atoms with Gasteiger partial charge in [-0.2, -0.15) is 0 Å². The molecule has 0 spiro atoms. The van der Waals surface area contributed by atoms with Crippen LogP contribution in [0, 0.1) is 0 Å². The van der Waals surface area contributed by atoms with Crippen molar-refractivity contribution in [2.45, 2.75) is 5.92 Å². The third kappa shape index (κ3) is 3.87. The Labute approximate surface area is 256 Å². The van der Waals surface area contributed by atoms with E-state index >= 15 is 0 Å². The molecule has 0 fully saturated rings. The average Bonchev–Trinajstić information content (AvgIpc) is 3.10. The lowest BCUT2D eigenvalue weighted by atomic mass is 9.78. The normalized spacial score (nSPS) is 12.6. The molecule has 0 aliphatic carbocycles. The summed E-state index contributed by atoms with van der Waals surface area (Å²) < 4.78 is 6.64. The Morgan fingerprint density at radius 2 is 0.864 bits per heavy atom. The van der Waals surface area contributed by atoms with Crippen LogP contribution in [0.2, 0.25) is 0 Å². The molecule has 0 N–H and O–H groups in total. The summed E-state index contributed by atoms with van der Waals surface area (Å²) in [5.74, 6) is 1.90. The second-order valence-corrected chi connectivity index (χ2v) is 11.6. The second-order valence-electron chi connectivity index (χ2n) is 11.6. The molecule has 1 heteroatoms. The van der Waals surface area contributed by atoms with E-state index < -0.39 is 0 Å². The molecule has 1 aliphatic rings. The molecule has 44 heavy (non-hydrogen) atoms. The van der Waals surface area contributed by atoms with Crippen LogP contribution in [0.15, 0.2) is 164 Å². The highest BCUT2D eigenvalue weighted by Crippen LogP contribution is 2.52. The molecule has 0 atom stereocenters. The molecular formula is C43H28O. The van der Waals surface area contributed by atoms with Gasteiger partial charge in [0.1, 0.15) is 11.5 Å². The van der Waals surface area contributed by atoms with Crippen molar-refractivity contribution in [3.8, 4) is 33.8 Å². The van der Waals surface area contributed by atoms with Gasteiger partial charge in [-0.15, -0.1) is 0 Å². The summed E-state index contributed by atoms with van der Waals surface area (Å²) in [5, 5.41) is 7.46. The van der Waals surface area contributed by atoms with Crippen LogP contribution >= 0.6 is 0 Å². The van der Waals surface area contributed by atoms with Crippen LogP contribution in [0.5, 0.6) is 11.5 Å². The van der Waals surface area contributed by atoms with E-state index in [0.29, 0.717) is 0 Å². The third-order valence-electron chi connectivity index (χ3n) is 9.20. The monoisotopic (exact) mass is 560 g/mol. The molecule has 1 nitrogen and oxygen atoms in total. The Morgan fingerprint density at radius 1 is 0.364 bits per heavy atom. The molecule has 206 valence electrons. The van der Waals surface area contributed by atoms with Crippen molar-refractivity contribution in [3.63, 3.8) is 0 Å². The van der Waals surface area contributed by atoms with E-state index in [1.807, 2.05) is 0 Å². The highest BCUT2D eigenvalue weighted by molar-refractivity contribution is 6.06. The predicted molar refractivity (Wildman–Crippen MR) is 184 cm³/mol. The van der Waals surface area contributed by atoms with Crippen LogP contribution < -0.4 is 4.74 Å². The maximum Gasteiger partial charge on any atom is 0.132 e. The minimum Gasteiger partial charge on any atom is -0.457 e. The van der Waals surface area contributed by atoms with Gasteiger partial charge in [-0.3, -0.25) is 0 Å². The van der Waals surface area contributed by atoms with Crippen molar-refractivity contribution in [3.05, 3.63) is 180 Å². The molecule has 1 heterocycles. The zero-order valence-corrected chi connectivity index (χ0v) is 24.1. The fourth-order valence-electron chi connectivity index (χ4n) is 7.22. The van der Waals surface area contributed by atoms with Crippen LogP contribution in [0.25, 0.3) is 54.6 Å². The second kappa shape index (κ2) is 9.97. The minimum absolute atomic E-state index is 0.0346. The van der Waals surface area contributed by atoms with Gasteiger partial charge in [0.15, 0.2) is 0 Å². The molecular weight excluding hydrogens is 532 g/mol. The summed E-state index contributed by atoms with van der Waals surface area (Å²) in [6, 6.07) is 59.2. The zero-order chi connectivity index (χ0) is 29.0. The molecule has 0 aromatic heterocycles. The summed E-state index contributed by atoms with van der Waals surface area (Å²) in [7, 11) is 0. The first-order chi connectivity index (χ1) is 21.8. The van der Waals surface area contributed by atoms with Crippen LogP contribution in [0.4, 0.5) is 0 Å². The van der Waals surface area contributed by atoms with Crippen molar-refractivity contribution in [1.29, 1.82) is 0 Å². The Morgan fingerprint density at radius 3 is 1.45 bits per heavy atom. The molecule has 0 bridgehead atoms. The number of hydrogen-bond donors (Lipinski definition) is 0. The van der Waals surface area contributed by atoms with Gasteiger partial charge in [-0.25, -0.2) is 0 Å². The van der Waals surface area contributed by atoms with Crippen molar-refractivity contribution in [1.82, 2.24) is 0 Å². The standard InChI is InChI=1S/C43H28O/c1-2-10-28(11-3-1)34-18-8-14-32-15-9-19-35(40(32)34)31-20-22-33(23-21-31)41-42-36-16-6-4-12-29(36)24-26-38(42)44-39-27-25-30-13-5-7-17-37(30)43(39)41/h1-27,41H. The van der Waals surface area contributed by atoms with Gasteiger partial charge in [0, 0.05) is 17.0 Å². The Kier molecular flexibility index (Phi) is 5.64. The molecule has 8 aromatic rings. The van der Waals surface area contributed by atoms with E-state index in [0.717, 1.165) is 11.5 Å². The fraction of sp³-hybridized carbons (Fsp3) is 0.0233. The van der Waals surface area contributed by atoms with Gasteiger partial charge in [0.2, 0.25) is 0 Å². The lowest BCUT2D eigenvalue weighted by Crippen LogP contribution is -2.13. The van der Waals surface area contributed by atoms with Crippen LogP contribution in [-0.4, -0.2) is 0 Å². The summed E-state index contributed by atoms with van der Waals surface area (Å²) in [4.78, 5) is 0. The largest absolute Gasteiger partial charge is 0.457 e. The number of benzene rings is 8. The van der Waals surface area contributed by atoms with E-state index in [9.17, 15) is 0 Å². The summed E-state index contributed by atoms with van der Waals surface area (Å²) in [6.45, 7) is 0. The quantitative estimate of drug-likeness (QED) is 0.209. The maximum atomic E-state index is 6.64. The molecule has 0 radical (unpaired) electrons. The topological polar surface area (TPSA) is 9.23 Å². The lowest BCUT2D eigenvalue weighted by molar-refractivity contribution is 0.456. The van der Waals surface area contributed by atoms with E-state index in [-0.39, 0.29) is 5.92 Å². The van der Waals surface area contributed by atoms with Gasteiger partial charge in [-0.05, 0) is 72.3 Å². The molecule has 8 aromatic carbocycles. The zero-order valence-electron chi connectivity index (χ0n) is 24.1. The Balaban J connectivity index is 1.26. The number of fused-ring (bicyclic) bond motifs is 7. The van der Waals surface area contributed by atoms with E-state index in [4.69, 9.17) is 4.74 Å². The van der Waals surface area contributed by atoms with Crippen LogP contribution in [0.3, 0.4) is 0 Å². The first-order valence-electron chi connectivity index (χ1n) is 15.2. The smallest absolute Gasteiger partial charge is 0.132 e. The van der Waals surface area contributed by atoms with Crippen molar-refractivity contribution in [2.75, 3.05) is 0 Å². The van der Waals surface area contributed by atoms with Gasteiger partial charge in [-0.1, -0.05) is 152 Å². The van der Waals surface area contributed by atoms with Crippen molar-refractivity contribution >= 4 is 32.3 Å². The van der Waals surface area contributed by atoms with Gasteiger partial charge in [0.25, 0.3) is 0 Å². The minimum atomic E-state index is 0.0346. The van der Waals surface area contributed by atoms with Crippen molar-refractivity contribution in [2.24, 2.45) is 0 Å². The molecule has 0 amide bonds. The van der Waals surface area contributed by atoms with Crippen LogP contribution in [0.1, 0.15) is 22.6 Å². The molecule has 1 aliphatic heterocycles. The SMILES string of the molecule is c1ccc(-c2cccc3cccc(-c4ccc(C5c6c(ccc7ccccc67)Oc6ccc7ccccc7c65)cc4)c23)cc1. The highest BCUT2D eigenvalue weighted by Gasteiger charge is 2.32. The number of ether oxygens (including phenoxy) is 1. The first kappa shape index (κ1) is 24.9.